The van der Waals surface area contributed by atoms with E-state index in [2.05, 4.69) is 0 Å². The van der Waals surface area contributed by atoms with Crippen molar-refractivity contribution in [3.63, 3.8) is 0 Å². The third-order valence-electron chi connectivity index (χ3n) is 2.22. The second-order valence-electron chi connectivity index (χ2n) is 3.90. The molecule has 1 atom stereocenters. The molecule has 1 unspecified atom stereocenters. The van der Waals surface area contributed by atoms with Gasteiger partial charge in [-0.3, -0.25) is 0 Å². The van der Waals surface area contributed by atoms with Crippen molar-refractivity contribution in [1.29, 1.82) is 0 Å². The predicted molar refractivity (Wildman–Crippen MR) is 60.8 cm³/mol. The van der Waals surface area contributed by atoms with Crippen LogP contribution in [0.4, 0.5) is 0 Å². The van der Waals surface area contributed by atoms with Gasteiger partial charge in [0.05, 0.1) is 6.10 Å². The summed E-state index contributed by atoms with van der Waals surface area (Å²) in [5.74, 6) is 0.965. The van der Waals surface area contributed by atoms with E-state index in [4.69, 9.17) is 10.5 Å². The van der Waals surface area contributed by atoms with Gasteiger partial charge in [-0.1, -0.05) is 26.0 Å². The highest BCUT2D eigenvalue weighted by atomic mass is 16.5. The maximum atomic E-state index is 9.87. The first kappa shape index (κ1) is 12.0. The molecule has 1 aromatic carbocycles. The lowest BCUT2D eigenvalue weighted by atomic mass is 9.99. The number of rotatable bonds is 5. The Morgan fingerprint density at radius 1 is 1.40 bits per heavy atom. The molecular formula is C12H19NO2. The molecule has 0 fully saturated rings. The average Bonchev–Trinajstić information content (AvgIpc) is 2.25. The van der Waals surface area contributed by atoms with E-state index in [0.29, 0.717) is 13.2 Å². The minimum atomic E-state index is -0.438. The van der Waals surface area contributed by atoms with Crippen LogP contribution in [0.25, 0.3) is 0 Å². The molecule has 0 saturated carbocycles. The first-order chi connectivity index (χ1) is 7.15. The molecule has 0 amide bonds. The molecule has 3 heteroatoms. The topological polar surface area (TPSA) is 55.5 Å². The summed E-state index contributed by atoms with van der Waals surface area (Å²) in [6.07, 6.45) is -0.438. The Labute approximate surface area is 90.9 Å². The molecule has 84 valence electrons. The molecule has 0 aromatic heterocycles. The predicted octanol–water partition coefficient (Wildman–Crippen LogP) is 1.71. The van der Waals surface area contributed by atoms with Crippen molar-refractivity contribution in [1.82, 2.24) is 0 Å². The molecule has 0 aliphatic heterocycles. The van der Waals surface area contributed by atoms with E-state index in [1.165, 1.54) is 0 Å². The van der Waals surface area contributed by atoms with Gasteiger partial charge in [0.1, 0.15) is 12.4 Å². The van der Waals surface area contributed by atoms with Crippen LogP contribution >= 0.6 is 0 Å². The fraction of sp³-hybridized carbons (Fsp3) is 0.500. The summed E-state index contributed by atoms with van der Waals surface area (Å²) in [7, 11) is 0. The van der Waals surface area contributed by atoms with Gasteiger partial charge in [0.2, 0.25) is 0 Å². The summed E-state index contributed by atoms with van der Waals surface area (Å²) in [6, 6.07) is 7.51. The summed E-state index contributed by atoms with van der Waals surface area (Å²) in [4.78, 5) is 0. The van der Waals surface area contributed by atoms with Gasteiger partial charge in [-0.2, -0.15) is 0 Å². The zero-order chi connectivity index (χ0) is 11.3. The lowest BCUT2D eigenvalue weighted by molar-refractivity contribution is 0.126. The summed E-state index contributed by atoms with van der Waals surface area (Å²) in [6.45, 7) is 4.97. The van der Waals surface area contributed by atoms with Crippen LogP contribution in [0, 0.1) is 5.92 Å². The SMILES string of the molecule is CC(C)C(O)c1cccc(OCCN)c1. The number of aliphatic hydroxyl groups is 1. The highest BCUT2D eigenvalue weighted by Crippen LogP contribution is 2.24. The Morgan fingerprint density at radius 3 is 2.73 bits per heavy atom. The number of hydrogen-bond acceptors (Lipinski definition) is 3. The molecule has 0 bridgehead atoms. The smallest absolute Gasteiger partial charge is 0.119 e. The van der Waals surface area contributed by atoms with Gasteiger partial charge in [0.15, 0.2) is 0 Å². The molecule has 0 aliphatic rings. The van der Waals surface area contributed by atoms with Crippen LogP contribution in [0.3, 0.4) is 0 Å². The highest BCUT2D eigenvalue weighted by Gasteiger charge is 2.12. The van der Waals surface area contributed by atoms with Crippen LogP contribution in [0.2, 0.25) is 0 Å². The van der Waals surface area contributed by atoms with E-state index in [0.717, 1.165) is 11.3 Å². The van der Waals surface area contributed by atoms with Crippen LogP contribution in [-0.4, -0.2) is 18.3 Å². The molecule has 1 rings (SSSR count). The Balaban J connectivity index is 2.73. The number of hydrogen-bond donors (Lipinski definition) is 2. The maximum absolute atomic E-state index is 9.87. The fourth-order valence-corrected chi connectivity index (χ4v) is 1.35. The largest absolute Gasteiger partial charge is 0.492 e. The molecule has 3 N–H and O–H groups in total. The zero-order valence-electron chi connectivity index (χ0n) is 9.31. The second kappa shape index (κ2) is 5.73. The van der Waals surface area contributed by atoms with E-state index < -0.39 is 6.10 Å². The van der Waals surface area contributed by atoms with Gasteiger partial charge < -0.3 is 15.6 Å². The molecule has 0 saturated heterocycles. The monoisotopic (exact) mass is 209 g/mol. The third kappa shape index (κ3) is 3.53. The Hall–Kier alpha value is -1.06. The molecule has 0 spiro atoms. The number of aliphatic hydroxyl groups excluding tert-OH is 1. The molecule has 0 heterocycles. The fourth-order valence-electron chi connectivity index (χ4n) is 1.35. The van der Waals surface area contributed by atoms with Crippen LogP contribution in [-0.2, 0) is 0 Å². The molecule has 0 aliphatic carbocycles. The Morgan fingerprint density at radius 2 is 2.13 bits per heavy atom. The molecule has 0 radical (unpaired) electrons. The first-order valence-electron chi connectivity index (χ1n) is 5.26. The molecule has 1 aromatic rings. The molecule has 15 heavy (non-hydrogen) atoms. The van der Waals surface area contributed by atoms with E-state index in [9.17, 15) is 5.11 Å². The van der Waals surface area contributed by atoms with Crippen LogP contribution in [0.5, 0.6) is 5.75 Å². The summed E-state index contributed by atoms with van der Waals surface area (Å²) in [5, 5.41) is 9.87. The zero-order valence-corrected chi connectivity index (χ0v) is 9.31. The second-order valence-corrected chi connectivity index (χ2v) is 3.90. The van der Waals surface area contributed by atoms with E-state index >= 15 is 0 Å². The van der Waals surface area contributed by atoms with Gasteiger partial charge in [-0.05, 0) is 23.6 Å². The van der Waals surface area contributed by atoms with Gasteiger partial charge in [-0.15, -0.1) is 0 Å². The summed E-state index contributed by atoms with van der Waals surface area (Å²) < 4.78 is 5.39. The van der Waals surface area contributed by atoms with E-state index in [1.54, 1.807) is 0 Å². The van der Waals surface area contributed by atoms with Gasteiger partial charge in [-0.25, -0.2) is 0 Å². The minimum Gasteiger partial charge on any atom is -0.492 e. The first-order valence-corrected chi connectivity index (χ1v) is 5.26. The summed E-state index contributed by atoms with van der Waals surface area (Å²) in [5.41, 5.74) is 6.24. The Kier molecular flexibility index (Phi) is 4.59. The van der Waals surface area contributed by atoms with Crippen molar-refractivity contribution in [2.24, 2.45) is 11.7 Å². The average molecular weight is 209 g/mol. The van der Waals surface area contributed by atoms with Gasteiger partial charge in [0, 0.05) is 6.54 Å². The van der Waals surface area contributed by atoms with Crippen LogP contribution < -0.4 is 10.5 Å². The van der Waals surface area contributed by atoms with Crippen LogP contribution in [0.15, 0.2) is 24.3 Å². The lowest BCUT2D eigenvalue weighted by Gasteiger charge is -2.15. The highest BCUT2D eigenvalue weighted by molar-refractivity contribution is 5.30. The third-order valence-corrected chi connectivity index (χ3v) is 2.22. The number of nitrogens with two attached hydrogens (primary N) is 1. The van der Waals surface area contributed by atoms with Gasteiger partial charge >= 0.3 is 0 Å². The molecular weight excluding hydrogens is 190 g/mol. The van der Waals surface area contributed by atoms with Crippen molar-refractivity contribution in [3.05, 3.63) is 29.8 Å². The van der Waals surface area contributed by atoms with Crippen molar-refractivity contribution in [3.8, 4) is 5.75 Å². The van der Waals surface area contributed by atoms with E-state index in [1.807, 2.05) is 38.1 Å². The van der Waals surface area contributed by atoms with Crippen LogP contribution in [0.1, 0.15) is 25.5 Å². The van der Waals surface area contributed by atoms with E-state index in [-0.39, 0.29) is 5.92 Å². The minimum absolute atomic E-state index is 0.203. The standard InChI is InChI=1S/C12H19NO2/c1-9(2)12(14)10-4-3-5-11(8-10)15-7-6-13/h3-5,8-9,12,14H,6-7,13H2,1-2H3. The van der Waals surface area contributed by atoms with Gasteiger partial charge in [0.25, 0.3) is 0 Å². The normalized spacial score (nSPS) is 12.9. The maximum Gasteiger partial charge on any atom is 0.119 e. The van der Waals surface area contributed by atoms with Crippen molar-refractivity contribution in [2.75, 3.05) is 13.2 Å². The molecule has 3 nitrogen and oxygen atoms in total. The van der Waals surface area contributed by atoms with Crippen molar-refractivity contribution >= 4 is 0 Å². The van der Waals surface area contributed by atoms with Crippen molar-refractivity contribution < 1.29 is 9.84 Å². The van der Waals surface area contributed by atoms with Crippen molar-refractivity contribution in [2.45, 2.75) is 20.0 Å². The number of benzene rings is 1. The lowest BCUT2D eigenvalue weighted by Crippen LogP contribution is -2.11. The Bertz CT molecular complexity index is 299. The summed E-state index contributed by atoms with van der Waals surface area (Å²) >= 11 is 0. The quantitative estimate of drug-likeness (QED) is 0.776. The number of ether oxygens (including phenoxy) is 1.